The first-order chi connectivity index (χ1) is 11.6. The Bertz CT molecular complexity index is 259. The van der Waals surface area contributed by atoms with E-state index in [2.05, 4.69) is 60.5 Å². The van der Waals surface area contributed by atoms with Crippen molar-refractivity contribution in [2.75, 3.05) is 0 Å². The minimum Gasteiger partial charge on any atom is -0.328 e. The van der Waals surface area contributed by atoms with Gasteiger partial charge in [0.15, 0.2) is 0 Å². The summed E-state index contributed by atoms with van der Waals surface area (Å²) in [6.45, 7) is 25.6. The van der Waals surface area contributed by atoms with Crippen molar-refractivity contribution in [1.82, 2.24) is 5.06 Å². The normalized spacial score (nSPS) is 20.0. The lowest BCUT2D eigenvalue weighted by Gasteiger charge is -2.54. The van der Waals surface area contributed by atoms with Gasteiger partial charge in [-0.15, -0.1) is 0 Å². The highest BCUT2D eigenvalue weighted by Gasteiger charge is 2.46. The topological polar surface area (TPSA) is 38.5 Å². The molecule has 1 rings (SSSR count). The Hall–Kier alpha value is -0.120. The van der Waals surface area contributed by atoms with Crippen LogP contribution >= 0.6 is 0 Å². The molecule has 1 fully saturated rings. The van der Waals surface area contributed by atoms with Crippen molar-refractivity contribution >= 4 is 0 Å². The molecule has 1 saturated heterocycles. The first-order valence-corrected chi connectivity index (χ1v) is 10.9. The van der Waals surface area contributed by atoms with Gasteiger partial charge < -0.3 is 5.73 Å². The first-order valence-electron chi connectivity index (χ1n) is 10.9. The van der Waals surface area contributed by atoms with Crippen LogP contribution in [0.2, 0.25) is 0 Å². The van der Waals surface area contributed by atoms with E-state index >= 15 is 0 Å². The Kier molecular flexibility index (Phi) is 19.1. The number of hydrogen-bond acceptors (Lipinski definition) is 3. The van der Waals surface area contributed by atoms with Gasteiger partial charge in [-0.1, -0.05) is 68.2 Å². The highest BCUT2D eigenvalue weighted by Crippen LogP contribution is 2.38. The molecule has 3 nitrogen and oxygen atoms in total. The van der Waals surface area contributed by atoms with Gasteiger partial charge in [0.25, 0.3) is 0 Å². The minimum atomic E-state index is 0.0162. The van der Waals surface area contributed by atoms with Crippen LogP contribution in [-0.2, 0) is 4.84 Å². The summed E-state index contributed by atoms with van der Waals surface area (Å²) in [5.41, 5.74) is 6.22. The van der Waals surface area contributed by atoms with Crippen LogP contribution in [0.5, 0.6) is 0 Å². The molecule has 0 bridgehead atoms. The predicted octanol–water partition coefficient (Wildman–Crippen LogP) is 6.95. The fraction of sp³-hybridized carbons (Fsp3) is 1.00. The van der Waals surface area contributed by atoms with Crippen molar-refractivity contribution in [2.45, 2.75) is 145 Å². The zero-order valence-electron chi connectivity index (χ0n) is 19.8. The lowest BCUT2D eigenvalue weighted by atomic mass is 9.79. The molecular weight excluding hydrogens is 308 g/mol. The van der Waals surface area contributed by atoms with Crippen molar-refractivity contribution in [2.24, 2.45) is 5.73 Å². The molecule has 1 aliphatic heterocycles. The standard InChI is InChI=1S/C15H32N2O.C3H8.2C2H6/c1-7-9-13(8-2)18-17-14(3,4)10-12(16)11-15(17,5)6;1-3-2;2*1-2/h12-13H,7-11,16H2,1-6H3;3H2,1-2H3;2*1-2H3. The molecule has 0 aromatic carbocycles. The van der Waals surface area contributed by atoms with E-state index < -0.39 is 0 Å². The number of nitrogens with two attached hydrogens (primary N) is 1. The van der Waals surface area contributed by atoms with Crippen LogP contribution in [0.15, 0.2) is 0 Å². The molecule has 0 aromatic rings. The molecule has 0 aromatic heterocycles. The largest absolute Gasteiger partial charge is 0.328 e. The molecule has 1 unspecified atom stereocenters. The second-order valence-electron chi connectivity index (χ2n) is 7.72. The van der Waals surface area contributed by atoms with Crippen LogP contribution in [0.4, 0.5) is 0 Å². The van der Waals surface area contributed by atoms with Crippen LogP contribution in [0, 0.1) is 0 Å². The molecule has 25 heavy (non-hydrogen) atoms. The maximum absolute atomic E-state index is 6.34. The van der Waals surface area contributed by atoms with E-state index in [1.165, 1.54) is 12.8 Å². The van der Waals surface area contributed by atoms with Crippen LogP contribution in [-0.4, -0.2) is 28.3 Å². The van der Waals surface area contributed by atoms with Crippen molar-refractivity contribution < 1.29 is 4.84 Å². The number of piperidine rings is 1. The van der Waals surface area contributed by atoms with Gasteiger partial charge >= 0.3 is 0 Å². The summed E-state index contributed by atoms with van der Waals surface area (Å²) in [6, 6.07) is 0.279. The van der Waals surface area contributed by atoms with Crippen molar-refractivity contribution in [3.05, 3.63) is 0 Å². The molecule has 1 atom stereocenters. The molecule has 0 saturated carbocycles. The number of hydroxylamine groups is 2. The molecule has 0 aliphatic carbocycles. The van der Waals surface area contributed by atoms with Gasteiger partial charge in [0, 0.05) is 17.1 Å². The Labute approximate surface area is 161 Å². The summed E-state index contributed by atoms with van der Waals surface area (Å²) in [5.74, 6) is 0. The molecule has 0 amide bonds. The molecule has 0 spiro atoms. The summed E-state index contributed by atoms with van der Waals surface area (Å²) in [6.07, 6.45) is 6.96. The molecule has 3 heteroatoms. The second-order valence-corrected chi connectivity index (χ2v) is 7.72. The molecule has 0 radical (unpaired) electrons. The lowest BCUT2D eigenvalue weighted by Crippen LogP contribution is -2.63. The third-order valence-electron chi connectivity index (χ3n) is 3.94. The SMILES string of the molecule is CC.CC.CCC.CCCC(CC)ON1C(C)(C)CC(N)CC1(C)C. The quantitative estimate of drug-likeness (QED) is 0.576. The van der Waals surface area contributed by atoms with E-state index in [0.29, 0.717) is 6.10 Å². The van der Waals surface area contributed by atoms with Crippen molar-refractivity contribution in [3.8, 4) is 0 Å². The Morgan fingerprint density at radius 2 is 1.28 bits per heavy atom. The summed E-state index contributed by atoms with van der Waals surface area (Å²) >= 11 is 0. The van der Waals surface area contributed by atoms with Crippen LogP contribution in [0.3, 0.4) is 0 Å². The van der Waals surface area contributed by atoms with Gasteiger partial charge in [0.1, 0.15) is 0 Å². The average molecular weight is 361 g/mol. The van der Waals surface area contributed by atoms with E-state index in [-0.39, 0.29) is 17.1 Å². The van der Waals surface area contributed by atoms with E-state index in [1.54, 1.807) is 0 Å². The molecule has 1 aliphatic rings. The smallest absolute Gasteiger partial charge is 0.0791 e. The van der Waals surface area contributed by atoms with Crippen LogP contribution in [0.1, 0.15) is 122 Å². The maximum Gasteiger partial charge on any atom is 0.0791 e. The average Bonchev–Trinajstić information content (AvgIpc) is 2.53. The fourth-order valence-electron chi connectivity index (χ4n) is 3.43. The van der Waals surface area contributed by atoms with E-state index in [4.69, 9.17) is 10.6 Å². The number of rotatable bonds is 5. The number of hydrogen-bond donors (Lipinski definition) is 1. The molecule has 156 valence electrons. The monoisotopic (exact) mass is 360 g/mol. The van der Waals surface area contributed by atoms with Crippen molar-refractivity contribution in [3.63, 3.8) is 0 Å². The summed E-state index contributed by atoms with van der Waals surface area (Å²) in [4.78, 5) is 6.34. The summed E-state index contributed by atoms with van der Waals surface area (Å²) in [5, 5.41) is 2.23. The highest BCUT2D eigenvalue weighted by molar-refractivity contribution is 4.98. The Balaban J connectivity index is -0.000000605. The summed E-state index contributed by atoms with van der Waals surface area (Å²) in [7, 11) is 0. The zero-order valence-corrected chi connectivity index (χ0v) is 19.8. The third kappa shape index (κ3) is 12.0. The summed E-state index contributed by atoms with van der Waals surface area (Å²) < 4.78 is 0. The number of nitrogens with zero attached hydrogens (tertiary/aromatic N) is 1. The van der Waals surface area contributed by atoms with Crippen LogP contribution < -0.4 is 5.73 Å². The molecule has 2 N–H and O–H groups in total. The Morgan fingerprint density at radius 3 is 1.56 bits per heavy atom. The van der Waals surface area contributed by atoms with Gasteiger partial charge in [0.2, 0.25) is 0 Å². The van der Waals surface area contributed by atoms with Gasteiger partial charge in [-0.05, 0) is 53.4 Å². The maximum atomic E-state index is 6.34. The van der Waals surface area contributed by atoms with E-state index in [9.17, 15) is 0 Å². The lowest BCUT2D eigenvalue weighted by molar-refractivity contribution is -0.307. The zero-order chi connectivity index (χ0) is 20.7. The van der Waals surface area contributed by atoms with Crippen molar-refractivity contribution in [1.29, 1.82) is 0 Å². The Morgan fingerprint density at radius 1 is 0.920 bits per heavy atom. The van der Waals surface area contributed by atoms with Gasteiger partial charge in [0.05, 0.1) is 6.10 Å². The molecular formula is C22H52N2O. The van der Waals surface area contributed by atoms with E-state index in [1.807, 2.05) is 27.7 Å². The van der Waals surface area contributed by atoms with Gasteiger partial charge in [-0.25, -0.2) is 0 Å². The van der Waals surface area contributed by atoms with Gasteiger partial charge in [-0.2, -0.15) is 5.06 Å². The highest BCUT2D eigenvalue weighted by atomic mass is 16.7. The molecule has 1 heterocycles. The third-order valence-corrected chi connectivity index (χ3v) is 3.94. The van der Waals surface area contributed by atoms with Crippen LogP contribution in [0.25, 0.3) is 0 Å². The predicted molar refractivity (Wildman–Crippen MR) is 116 cm³/mol. The fourth-order valence-corrected chi connectivity index (χ4v) is 3.43. The first kappa shape index (κ1) is 29.6. The second kappa shape index (κ2) is 16.1. The van der Waals surface area contributed by atoms with E-state index in [0.717, 1.165) is 25.7 Å². The van der Waals surface area contributed by atoms with Gasteiger partial charge in [-0.3, -0.25) is 4.84 Å². The minimum absolute atomic E-state index is 0.0162.